The number of pyridine rings is 1. The smallest absolute Gasteiger partial charge is 0.383 e. The minimum absolute atomic E-state index is 0.0517. The predicted molar refractivity (Wildman–Crippen MR) is 94.0 cm³/mol. The summed E-state index contributed by atoms with van der Waals surface area (Å²) in [4.78, 5) is 18.9. The number of aliphatic imine (C=N–C) groups is 1. The fraction of sp³-hybridized carbons (Fsp3) is 0.0556. The molecule has 0 saturated heterocycles. The van der Waals surface area contributed by atoms with Gasteiger partial charge in [0.25, 0.3) is 5.91 Å². The van der Waals surface area contributed by atoms with E-state index >= 15 is 0 Å². The highest BCUT2D eigenvalue weighted by atomic mass is 32.1. The molecule has 0 bridgehead atoms. The summed E-state index contributed by atoms with van der Waals surface area (Å²) < 4.78 is 40.1. The first-order valence-electron chi connectivity index (χ1n) is 7.41. The Kier molecular flexibility index (Phi) is 4.85. The summed E-state index contributed by atoms with van der Waals surface area (Å²) in [5, 5.41) is 0. The SMILES string of the molecule is NC(=NC(=O)c1cc(-c2ccccc2)c(C(F)(F)F)s1)c1ccncc1. The van der Waals surface area contributed by atoms with Crippen LogP contribution in [0.25, 0.3) is 11.1 Å². The molecule has 132 valence electrons. The van der Waals surface area contributed by atoms with Crippen molar-refractivity contribution in [2.45, 2.75) is 6.18 Å². The van der Waals surface area contributed by atoms with Gasteiger partial charge in [-0.1, -0.05) is 30.3 Å². The van der Waals surface area contributed by atoms with Gasteiger partial charge in [0, 0.05) is 23.5 Å². The zero-order chi connectivity index (χ0) is 18.7. The molecule has 0 atom stereocenters. The van der Waals surface area contributed by atoms with Gasteiger partial charge in [0.15, 0.2) is 0 Å². The van der Waals surface area contributed by atoms with E-state index in [1.165, 1.54) is 18.5 Å². The van der Waals surface area contributed by atoms with Crippen molar-refractivity contribution in [1.29, 1.82) is 0 Å². The van der Waals surface area contributed by atoms with Gasteiger partial charge in [-0.3, -0.25) is 9.78 Å². The van der Waals surface area contributed by atoms with Crippen LogP contribution in [-0.2, 0) is 6.18 Å². The molecule has 3 aromatic rings. The Morgan fingerprint density at radius 3 is 2.35 bits per heavy atom. The molecule has 0 fully saturated rings. The maximum atomic E-state index is 13.4. The van der Waals surface area contributed by atoms with E-state index in [2.05, 4.69) is 9.98 Å². The summed E-state index contributed by atoms with van der Waals surface area (Å²) >= 11 is 0.357. The number of nitrogens with two attached hydrogens (primary N) is 1. The van der Waals surface area contributed by atoms with Crippen LogP contribution in [0, 0.1) is 0 Å². The number of amidine groups is 1. The maximum Gasteiger partial charge on any atom is 0.426 e. The van der Waals surface area contributed by atoms with E-state index in [4.69, 9.17) is 5.73 Å². The number of halogens is 3. The lowest BCUT2D eigenvalue weighted by Gasteiger charge is -2.07. The molecule has 1 aromatic carbocycles. The van der Waals surface area contributed by atoms with Gasteiger partial charge in [-0.15, -0.1) is 11.3 Å². The number of hydrogen-bond donors (Lipinski definition) is 1. The van der Waals surface area contributed by atoms with Crippen molar-refractivity contribution in [3.8, 4) is 11.1 Å². The average molecular weight is 375 g/mol. The van der Waals surface area contributed by atoms with Crippen LogP contribution >= 0.6 is 11.3 Å². The first-order valence-corrected chi connectivity index (χ1v) is 8.23. The summed E-state index contributed by atoms with van der Waals surface area (Å²) in [6, 6.07) is 12.4. The summed E-state index contributed by atoms with van der Waals surface area (Å²) in [6.45, 7) is 0. The number of amides is 1. The highest BCUT2D eigenvalue weighted by molar-refractivity contribution is 7.14. The first kappa shape index (κ1) is 17.8. The number of thiophene rings is 1. The number of alkyl halides is 3. The molecule has 2 aromatic heterocycles. The summed E-state index contributed by atoms with van der Waals surface area (Å²) in [6.07, 6.45) is -1.63. The minimum Gasteiger partial charge on any atom is -0.383 e. The summed E-state index contributed by atoms with van der Waals surface area (Å²) in [5.41, 5.74) is 6.55. The Labute approximate surface area is 150 Å². The second-order valence-electron chi connectivity index (χ2n) is 5.26. The van der Waals surface area contributed by atoms with Crippen molar-refractivity contribution < 1.29 is 18.0 Å². The fourth-order valence-electron chi connectivity index (χ4n) is 2.29. The van der Waals surface area contributed by atoms with Crippen molar-refractivity contribution in [3.63, 3.8) is 0 Å². The Hall–Kier alpha value is -3.00. The Bertz CT molecular complexity index is 951. The molecule has 26 heavy (non-hydrogen) atoms. The zero-order valence-corrected chi connectivity index (χ0v) is 14.0. The van der Waals surface area contributed by atoms with Crippen molar-refractivity contribution >= 4 is 23.1 Å². The third-order valence-electron chi connectivity index (χ3n) is 3.48. The molecular formula is C18H12F3N3OS. The van der Waals surface area contributed by atoms with Crippen molar-refractivity contribution in [2.75, 3.05) is 0 Å². The molecule has 1 amide bonds. The number of carbonyl (C=O) groups is 1. The Morgan fingerprint density at radius 1 is 1.08 bits per heavy atom. The van der Waals surface area contributed by atoms with Gasteiger partial charge in [-0.25, -0.2) is 0 Å². The van der Waals surface area contributed by atoms with E-state index in [1.807, 2.05) is 0 Å². The number of carbonyl (C=O) groups excluding carboxylic acids is 1. The lowest BCUT2D eigenvalue weighted by molar-refractivity contribution is -0.133. The van der Waals surface area contributed by atoms with Crippen LogP contribution in [0.2, 0.25) is 0 Å². The molecule has 8 heteroatoms. The first-order chi connectivity index (χ1) is 12.4. The summed E-state index contributed by atoms with van der Waals surface area (Å²) in [5.74, 6) is -0.905. The fourth-order valence-corrected chi connectivity index (χ4v) is 3.22. The predicted octanol–water partition coefficient (Wildman–Crippen LogP) is 4.37. The number of aromatic nitrogens is 1. The van der Waals surface area contributed by atoms with Crippen LogP contribution in [0.15, 0.2) is 65.9 Å². The van der Waals surface area contributed by atoms with Crippen LogP contribution < -0.4 is 5.73 Å². The van der Waals surface area contributed by atoms with E-state index in [-0.39, 0.29) is 16.3 Å². The van der Waals surface area contributed by atoms with Crippen LogP contribution in [0.3, 0.4) is 0 Å². The van der Waals surface area contributed by atoms with Crippen LogP contribution in [0.1, 0.15) is 20.1 Å². The molecule has 0 saturated carbocycles. The second kappa shape index (κ2) is 7.09. The molecular weight excluding hydrogens is 363 g/mol. The minimum atomic E-state index is -4.57. The molecule has 0 radical (unpaired) electrons. The van der Waals surface area contributed by atoms with Gasteiger partial charge in [0.05, 0.1) is 4.88 Å². The summed E-state index contributed by atoms with van der Waals surface area (Å²) in [7, 11) is 0. The number of rotatable bonds is 3. The van der Waals surface area contributed by atoms with Gasteiger partial charge in [0.2, 0.25) is 0 Å². The molecule has 0 spiro atoms. The van der Waals surface area contributed by atoms with E-state index in [0.717, 1.165) is 0 Å². The number of benzene rings is 1. The topological polar surface area (TPSA) is 68.3 Å². The number of nitrogens with zero attached hydrogens (tertiary/aromatic N) is 2. The average Bonchev–Trinajstić information content (AvgIpc) is 3.09. The molecule has 0 unspecified atom stereocenters. The number of hydrogen-bond acceptors (Lipinski definition) is 3. The van der Waals surface area contributed by atoms with Crippen LogP contribution in [0.5, 0.6) is 0 Å². The third kappa shape index (κ3) is 3.80. The lowest BCUT2D eigenvalue weighted by atomic mass is 10.1. The second-order valence-corrected chi connectivity index (χ2v) is 6.31. The van der Waals surface area contributed by atoms with Crippen molar-refractivity contribution in [1.82, 2.24) is 4.98 Å². The Balaban J connectivity index is 2.01. The van der Waals surface area contributed by atoms with Crippen molar-refractivity contribution in [2.24, 2.45) is 10.7 Å². The molecule has 2 N–H and O–H groups in total. The highest BCUT2D eigenvalue weighted by Crippen LogP contribution is 2.42. The van der Waals surface area contributed by atoms with Gasteiger partial charge in [0.1, 0.15) is 10.7 Å². The monoisotopic (exact) mass is 375 g/mol. The van der Waals surface area contributed by atoms with Gasteiger partial charge >= 0.3 is 6.18 Å². The van der Waals surface area contributed by atoms with E-state index in [1.54, 1.807) is 42.5 Å². The molecule has 0 aliphatic rings. The van der Waals surface area contributed by atoms with Crippen molar-refractivity contribution in [3.05, 3.63) is 76.2 Å². The van der Waals surface area contributed by atoms with Gasteiger partial charge in [-0.2, -0.15) is 18.2 Å². The molecule has 4 nitrogen and oxygen atoms in total. The maximum absolute atomic E-state index is 13.4. The zero-order valence-electron chi connectivity index (χ0n) is 13.2. The quantitative estimate of drug-likeness (QED) is 0.546. The third-order valence-corrected chi connectivity index (χ3v) is 4.65. The largest absolute Gasteiger partial charge is 0.426 e. The lowest BCUT2D eigenvalue weighted by Crippen LogP contribution is -2.15. The normalized spacial score (nSPS) is 12.2. The molecule has 0 aliphatic heterocycles. The Morgan fingerprint density at radius 2 is 1.73 bits per heavy atom. The van der Waals surface area contributed by atoms with E-state index in [0.29, 0.717) is 22.5 Å². The van der Waals surface area contributed by atoms with Gasteiger partial charge in [-0.05, 0) is 23.8 Å². The van der Waals surface area contributed by atoms with E-state index in [9.17, 15) is 18.0 Å². The van der Waals surface area contributed by atoms with E-state index < -0.39 is 17.0 Å². The molecule has 3 rings (SSSR count). The molecule has 2 heterocycles. The molecule has 0 aliphatic carbocycles. The van der Waals surface area contributed by atoms with Gasteiger partial charge < -0.3 is 5.73 Å². The highest BCUT2D eigenvalue weighted by Gasteiger charge is 2.37. The van der Waals surface area contributed by atoms with Crippen LogP contribution in [0.4, 0.5) is 13.2 Å². The standard InChI is InChI=1S/C18H12F3N3OS/c19-18(20,21)15-13(11-4-2-1-3-5-11)10-14(26-15)17(25)24-16(22)12-6-8-23-9-7-12/h1-10H,(H2,22,24,25). The van der Waals surface area contributed by atoms with Crippen LogP contribution in [-0.4, -0.2) is 16.7 Å².